The molecule has 0 bridgehead atoms. The smallest absolute Gasteiger partial charge is 0.254 e. The monoisotopic (exact) mass is 340 g/mol. The van der Waals surface area contributed by atoms with Gasteiger partial charge in [0.25, 0.3) is 5.91 Å². The zero-order chi connectivity index (χ0) is 15.4. The molecular weight excluding hydrogens is 316 g/mol. The fourth-order valence-corrected chi connectivity index (χ4v) is 2.97. The van der Waals surface area contributed by atoms with Crippen LogP contribution in [0.1, 0.15) is 30.1 Å². The molecule has 2 fully saturated rings. The van der Waals surface area contributed by atoms with E-state index in [9.17, 15) is 4.79 Å². The van der Waals surface area contributed by atoms with Crippen molar-refractivity contribution < 1.29 is 14.3 Å². The van der Waals surface area contributed by atoms with E-state index in [1.807, 2.05) is 29.2 Å². The third kappa shape index (κ3) is 4.59. The van der Waals surface area contributed by atoms with Gasteiger partial charge in [0.05, 0.1) is 13.2 Å². The van der Waals surface area contributed by atoms with Crippen molar-refractivity contribution >= 4 is 18.3 Å². The molecule has 1 atom stereocenters. The molecule has 0 aromatic heterocycles. The van der Waals surface area contributed by atoms with Gasteiger partial charge < -0.3 is 19.7 Å². The van der Waals surface area contributed by atoms with Crippen LogP contribution in [-0.4, -0.2) is 55.8 Å². The normalized spacial score (nSPS) is 22.3. The van der Waals surface area contributed by atoms with E-state index in [-0.39, 0.29) is 30.5 Å². The minimum atomic E-state index is 0. The Morgan fingerprint density at radius 2 is 1.96 bits per heavy atom. The molecule has 1 amide bonds. The molecule has 0 spiro atoms. The lowest BCUT2D eigenvalue weighted by molar-refractivity contribution is 0.0255. The summed E-state index contributed by atoms with van der Waals surface area (Å²) < 4.78 is 11.3. The van der Waals surface area contributed by atoms with Gasteiger partial charge in [0.1, 0.15) is 11.9 Å². The Balaban J connectivity index is 0.00000192. The summed E-state index contributed by atoms with van der Waals surface area (Å²) in [5.74, 6) is 0.934. The molecule has 1 aromatic rings. The first-order valence-corrected chi connectivity index (χ1v) is 8.10. The molecule has 0 radical (unpaired) electrons. The predicted octanol–water partition coefficient (Wildman–Crippen LogP) is 2.10. The van der Waals surface area contributed by atoms with Gasteiger partial charge in [0, 0.05) is 44.1 Å². The Morgan fingerprint density at radius 3 is 2.61 bits per heavy atom. The summed E-state index contributed by atoms with van der Waals surface area (Å²) in [6, 6.07) is 7.77. The first kappa shape index (κ1) is 18.0. The minimum Gasteiger partial charge on any atom is -0.490 e. The van der Waals surface area contributed by atoms with Crippen LogP contribution in [0.25, 0.3) is 0 Å². The van der Waals surface area contributed by atoms with Crippen molar-refractivity contribution in [3.8, 4) is 5.75 Å². The van der Waals surface area contributed by atoms with E-state index in [0.717, 1.165) is 57.0 Å². The molecule has 23 heavy (non-hydrogen) atoms. The fourth-order valence-electron chi connectivity index (χ4n) is 2.97. The summed E-state index contributed by atoms with van der Waals surface area (Å²) in [5, 5.41) is 3.30. The van der Waals surface area contributed by atoms with Crippen molar-refractivity contribution in [1.82, 2.24) is 10.2 Å². The van der Waals surface area contributed by atoms with Crippen molar-refractivity contribution in [2.75, 3.05) is 32.8 Å². The largest absolute Gasteiger partial charge is 0.490 e. The van der Waals surface area contributed by atoms with Gasteiger partial charge >= 0.3 is 0 Å². The highest BCUT2D eigenvalue weighted by molar-refractivity contribution is 5.94. The highest BCUT2D eigenvalue weighted by atomic mass is 35.5. The van der Waals surface area contributed by atoms with Crippen molar-refractivity contribution in [1.29, 1.82) is 0 Å². The van der Waals surface area contributed by atoms with Crippen LogP contribution in [-0.2, 0) is 4.74 Å². The number of nitrogens with one attached hydrogen (secondary N) is 1. The number of amides is 1. The predicted molar refractivity (Wildman–Crippen MR) is 91.5 cm³/mol. The number of nitrogens with zero attached hydrogens (tertiary/aromatic N) is 1. The van der Waals surface area contributed by atoms with E-state index in [4.69, 9.17) is 9.47 Å². The molecule has 3 rings (SSSR count). The van der Waals surface area contributed by atoms with Gasteiger partial charge in [-0.25, -0.2) is 0 Å². The molecule has 0 aliphatic carbocycles. The van der Waals surface area contributed by atoms with Gasteiger partial charge in [-0.1, -0.05) is 0 Å². The molecule has 1 N–H and O–H groups in total. The highest BCUT2D eigenvalue weighted by Gasteiger charge is 2.24. The zero-order valence-electron chi connectivity index (χ0n) is 13.5. The third-order valence-electron chi connectivity index (χ3n) is 4.33. The van der Waals surface area contributed by atoms with Crippen molar-refractivity contribution in [3.05, 3.63) is 29.8 Å². The fraction of sp³-hybridized carbons (Fsp3) is 0.588. The van der Waals surface area contributed by atoms with Crippen LogP contribution in [0.3, 0.4) is 0 Å². The summed E-state index contributed by atoms with van der Waals surface area (Å²) >= 11 is 0. The lowest BCUT2D eigenvalue weighted by Gasteiger charge is -2.34. The maximum absolute atomic E-state index is 12.6. The van der Waals surface area contributed by atoms with E-state index < -0.39 is 0 Å². The van der Waals surface area contributed by atoms with Gasteiger partial charge in [0.2, 0.25) is 0 Å². The summed E-state index contributed by atoms with van der Waals surface area (Å²) in [6.45, 7) is 6.09. The average Bonchev–Trinajstić information content (AvgIpc) is 2.56. The van der Waals surface area contributed by atoms with E-state index in [0.29, 0.717) is 0 Å². The number of carbonyl (C=O) groups excluding carboxylic acids is 1. The summed E-state index contributed by atoms with van der Waals surface area (Å²) in [6.07, 6.45) is 2.08. The minimum absolute atomic E-state index is 0. The number of ether oxygens (including phenoxy) is 2. The van der Waals surface area contributed by atoms with Crippen LogP contribution >= 0.6 is 12.4 Å². The first-order chi connectivity index (χ1) is 10.7. The second-order valence-electron chi connectivity index (χ2n) is 6.01. The molecule has 2 aliphatic heterocycles. The van der Waals surface area contributed by atoms with E-state index in [1.165, 1.54) is 0 Å². The van der Waals surface area contributed by atoms with Crippen molar-refractivity contribution in [2.45, 2.75) is 31.9 Å². The van der Waals surface area contributed by atoms with E-state index in [2.05, 4.69) is 12.2 Å². The maximum atomic E-state index is 12.6. The molecule has 2 aliphatic rings. The van der Waals surface area contributed by atoms with Crippen LogP contribution < -0.4 is 10.1 Å². The first-order valence-electron chi connectivity index (χ1n) is 8.10. The maximum Gasteiger partial charge on any atom is 0.254 e. The van der Waals surface area contributed by atoms with Crippen molar-refractivity contribution in [2.24, 2.45) is 0 Å². The van der Waals surface area contributed by atoms with Gasteiger partial charge in [0.15, 0.2) is 0 Å². The molecule has 0 unspecified atom stereocenters. The lowest BCUT2D eigenvalue weighted by Crippen LogP contribution is -2.52. The Kier molecular flexibility index (Phi) is 6.69. The third-order valence-corrected chi connectivity index (χ3v) is 4.33. The van der Waals surface area contributed by atoms with E-state index >= 15 is 0 Å². The number of hydrogen-bond donors (Lipinski definition) is 1. The molecule has 1 aromatic carbocycles. The van der Waals surface area contributed by atoms with Crippen LogP contribution in [0.2, 0.25) is 0 Å². The number of hydrogen-bond acceptors (Lipinski definition) is 4. The van der Waals surface area contributed by atoms with Gasteiger partial charge in [-0.2, -0.15) is 0 Å². The van der Waals surface area contributed by atoms with Crippen LogP contribution in [0.4, 0.5) is 0 Å². The summed E-state index contributed by atoms with van der Waals surface area (Å²) in [5.41, 5.74) is 0.730. The Bertz CT molecular complexity index is 503. The molecule has 5 nitrogen and oxygen atoms in total. The number of benzene rings is 1. The Labute approximate surface area is 143 Å². The molecular formula is C17H25ClN2O3. The second-order valence-corrected chi connectivity index (χ2v) is 6.01. The SMILES string of the molecule is C[C@@H]1CNCCN1C(=O)c1ccc(OC2CCOCC2)cc1.Cl. The van der Waals surface area contributed by atoms with Gasteiger partial charge in [-0.3, -0.25) is 4.79 Å². The number of rotatable bonds is 3. The molecule has 2 heterocycles. The van der Waals surface area contributed by atoms with Crippen LogP contribution in [0, 0.1) is 0 Å². The molecule has 6 heteroatoms. The zero-order valence-corrected chi connectivity index (χ0v) is 14.3. The number of halogens is 1. The van der Waals surface area contributed by atoms with Crippen molar-refractivity contribution in [3.63, 3.8) is 0 Å². The quantitative estimate of drug-likeness (QED) is 0.915. The summed E-state index contributed by atoms with van der Waals surface area (Å²) in [4.78, 5) is 14.5. The number of carbonyl (C=O) groups is 1. The second kappa shape index (κ2) is 8.52. The van der Waals surface area contributed by atoms with Crippen LogP contribution in [0.5, 0.6) is 5.75 Å². The standard InChI is InChI=1S/C17H24N2O3.ClH/c1-13-12-18-8-9-19(13)17(20)14-2-4-15(5-3-14)22-16-6-10-21-11-7-16;/h2-5,13,16,18H,6-12H2,1H3;1H/t13-;/m1./s1. The number of piperazine rings is 1. The summed E-state index contributed by atoms with van der Waals surface area (Å²) in [7, 11) is 0. The highest BCUT2D eigenvalue weighted by Crippen LogP contribution is 2.20. The average molecular weight is 341 g/mol. The Hall–Kier alpha value is -1.30. The lowest BCUT2D eigenvalue weighted by atomic mass is 10.1. The Morgan fingerprint density at radius 1 is 1.26 bits per heavy atom. The van der Waals surface area contributed by atoms with Gasteiger partial charge in [-0.05, 0) is 31.2 Å². The molecule has 0 saturated carbocycles. The van der Waals surface area contributed by atoms with E-state index in [1.54, 1.807) is 0 Å². The molecule has 128 valence electrons. The van der Waals surface area contributed by atoms with Gasteiger partial charge in [-0.15, -0.1) is 12.4 Å². The topological polar surface area (TPSA) is 50.8 Å². The van der Waals surface area contributed by atoms with Crippen LogP contribution in [0.15, 0.2) is 24.3 Å². The molecule has 2 saturated heterocycles.